The number of ketones is 2. The summed E-state index contributed by atoms with van der Waals surface area (Å²) in [7, 11) is 0. The monoisotopic (exact) mass is 250 g/mol. The number of rotatable bonds is 5. The van der Waals surface area contributed by atoms with Crippen molar-refractivity contribution in [3.63, 3.8) is 0 Å². The minimum absolute atomic E-state index is 0.152. The molecule has 0 aliphatic rings. The first-order chi connectivity index (χ1) is 9.25. The molecule has 94 valence electrons. The zero-order valence-electron chi connectivity index (χ0n) is 10.5. The summed E-state index contributed by atoms with van der Waals surface area (Å²) in [4.78, 5) is 23.4. The Hall–Kier alpha value is -2.48. The van der Waals surface area contributed by atoms with Crippen LogP contribution in [0.15, 0.2) is 66.7 Å². The van der Waals surface area contributed by atoms with E-state index in [2.05, 4.69) is 0 Å². The van der Waals surface area contributed by atoms with Crippen molar-refractivity contribution in [3.05, 3.63) is 77.9 Å². The Labute approximate surface area is 112 Å². The zero-order valence-corrected chi connectivity index (χ0v) is 10.5. The molecule has 0 atom stereocenters. The fraction of sp³-hybridized carbons (Fsp3) is 0.0588. The van der Waals surface area contributed by atoms with Gasteiger partial charge in [0.15, 0.2) is 0 Å². The fourth-order valence-corrected chi connectivity index (χ4v) is 1.70. The molecule has 0 saturated carbocycles. The van der Waals surface area contributed by atoms with Gasteiger partial charge < -0.3 is 0 Å². The van der Waals surface area contributed by atoms with Crippen LogP contribution in [-0.2, 0) is 16.0 Å². The molecule has 2 heteroatoms. The molecule has 2 nitrogen and oxygen atoms in total. The first-order valence-corrected chi connectivity index (χ1v) is 6.10. The molecular weight excluding hydrogens is 236 g/mol. The van der Waals surface area contributed by atoms with Crippen LogP contribution in [0, 0.1) is 0 Å². The Kier molecular flexibility index (Phi) is 4.40. The summed E-state index contributed by atoms with van der Waals surface area (Å²) in [5.74, 6) is -0.855. The molecule has 0 radical (unpaired) electrons. The molecule has 0 heterocycles. The lowest BCUT2D eigenvalue weighted by Gasteiger charge is -1.97. The average Bonchev–Trinajstić information content (AvgIpc) is 2.47. The highest BCUT2D eigenvalue weighted by molar-refractivity contribution is 6.42. The van der Waals surface area contributed by atoms with Gasteiger partial charge in [-0.1, -0.05) is 66.7 Å². The zero-order chi connectivity index (χ0) is 13.5. The van der Waals surface area contributed by atoms with Crippen LogP contribution in [0.2, 0.25) is 0 Å². The van der Waals surface area contributed by atoms with Crippen molar-refractivity contribution in [3.8, 4) is 0 Å². The fourth-order valence-electron chi connectivity index (χ4n) is 1.70. The summed E-state index contributed by atoms with van der Waals surface area (Å²) < 4.78 is 0. The summed E-state index contributed by atoms with van der Waals surface area (Å²) in [6, 6.07) is 18.7. The SMILES string of the molecule is O=C(C=Cc1ccccc1)C(=O)Cc1ccccc1. The van der Waals surface area contributed by atoms with Crippen molar-refractivity contribution in [2.24, 2.45) is 0 Å². The van der Waals surface area contributed by atoms with Crippen LogP contribution in [-0.4, -0.2) is 11.6 Å². The molecule has 19 heavy (non-hydrogen) atoms. The van der Waals surface area contributed by atoms with E-state index in [1.165, 1.54) is 6.08 Å². The lowest BCUT2D eigenvalue weighted by atomic mass is 10.1. The molecule has 0 fully saturated rings. The number of carbonyl (C=O) groups excluding carboxylic acids is 2. The summed E-state index contributed by atoms with van der Waals surface area (Å²) in [5.41, 5.74) is 1.76. The number of Topliss-reactive ketones (excluding diaryl/α,β-unsaturated/α-hetero) is 1. The second kappa shape index (κ2) is 6.45. The normalized spacial score (nSPS) is 10.5. The second-order valence-electron chi connectivity index (χ2n) is 4.19. The quantitative estimate of drug-likeness (QED) is 0.603. The summed E-state index contributed by atoms with van der Waals surface area (Å²) in [6.07, 6.45) is 3.14. The summed E-state index contributed by atoms with van der Waals surface area (Å²) in [6.45, 7) is 0. The van der Waals surface area contributed by atoms with Gasteiger partial charge in [-0.3, -0.25) is 9.59 Å². The predicted octanol–water partition coefficient (Wildman–Crippen LogP) is 3.08. The van der Waals surface area contributed by atoms with E-state index in [9.17, 15) is 9.59 Å². The maximum absolute atomic E-state index is 11.7. The van der Waals surface area contributed by atoms with Crippen molar-refractivity contribution < 1.29 is 9.59 Å². The number of carbonyl (C=O) groups is 2. The van der Waals surface area contributed by atoms with Crippen LogP contribution in [0.3, 0.4) is 0 Å². The van der Waals surface area contributed by atoms with Crippen LogP contribution >= 0.6 is 0 Å². The average molecular weight is 250 g/mol. The van der Waals surface area contributed by atoms with E-state index in [-0.39, 0.29) is 6.42 Å². The number of benzene rings is 2. The Morgan fingerprint density at radius 1 is 0.842 bits per heavy atom. The highest BCUT2D eigenvalue weighted by Gasteiger charge is 2.10. The van der Waals surface area contributed by atoms with Crippen molar-refractivity contribution in [2.75, 3.05) is 0 Å². The van der Waals surface area contributed by atoms with Crippen LogP contribution in [0.1, 0.15) is 11.1 Å². The molecule has 0 bridgehead atoms. The van der Waals surface area contributed by atoms with E-state index >= 15 is 0 Å². The predicted molar refractivity (Wildman–Crippen MR) is 75.6 cm³/mol. The van der Waals surface area contributed by atoms with Gasteiger partial charge in [-0.05, 0) is 17.2 Å². The van der Waals surface area contributed by atoms with Crippen LogP contribution in [0.25, 0.3) is 6.08 Å². The number of hydrogen-bond donors (Lipinski definition) is 0. The van der Waals surface area contributed by atoms with Crippen molar-refractivity contribution in [2.45, 2.75) is 6.42 Å². The number of hydrogen-bond acceptors (Lipinski definition) is 2. The van der Waals surface area contributed by atoms with Crippen molar-refractivity contribution in [1.29, 1.82) is 0 Å². The highest BCUT2D eigenvalue weighted by atomic mass is 16.2. The van der Waals surface area contributed by atoms with Crippen molar-refractivity contribution in [1.82, 2.24) is 0 Å². The molecular formula is C17H14O2. The minimum Gasteiger partial charge on any atom is -0.290 e. The van der Waals surface area contributed by atoms with Gasteiger partial charge in [-0.15, -0.1) is 0 Å². The summed E-state index contributed by atoms with van der Waals surface area (Å²) >= 11 is 0. The first kappa shape index (κ1) is 13.0. The van der Waals surface area contributed by atoms with Gasteiger partial charge in [0, 0.05) is 6.42 Å². The van der Waals surface area contributed by atoms with Gasteiger partial charge in [0.2, 0.25) is 11.6 Å². The smallest absolute Gasteiger partial charge is 0.221 e. The first-order valence-electron chi connectivity index (χ1n) is 6.10. The van der Waals surface area contributed by atoms with Gasteiger partial charge >= 0.3 is 0 Å². The van der Waals surface area contributed by atoms with Gasteiger partial charge in [0.05, 0.1) is 0 Å². The van der Waals surface area contributed by atoms with E-state index in [0.717, 1.165) is 11.1 Å². The molecule has 2 aromatic carbocycles. The maximum atomic E-state index is 11.7. The third kappa shape index (κ3) is 4.03. The molecule has 0 aromatic heterocycles. The number of allylic oxidation sites excluding steroid dienone is 1. The second-order valence-corrected chi connectivity index (χ2v) is 4.19. The third-order valence-electron chi connectivity index (χ3n) is 2.71. The Balaban J connectivity index is 1.97. The van der Waals surface area contributed by atoms with E-state index in [0.29, 0.717) is 0 Å². The van der Waals surface area contributed by atoms with Crippen LogP contribution in [0.5, 0.6) is 0 Å². The van der Waals surface area contributed by atoms with E-state index in [4.69, 9.17) is 0 Å². The van der Waals surface area contributed by atoms with E-state index < -0.39 is 11.6 Å². The topological polar surface area (TPSA) is 34.1 Å². The summed E-state index contributed by atoms with van der Waals surface area (Å²) in [5, 5.41) is 0. The van der Waals surface area contributed by atoms with Gasteiger partial charge in [-0.2, -0.15) is 0 Å². The maximum Gasteiger partial charge on any atom is 0.221 e. The van der Waals surface area contributed by atoms with E-state index in [1.54, 1.807) is 6.08 Å². The Morgan fingerprint density at radius 3 is 2.05 bits per heavy atom. The van der Waals surface area contributed by atoms with Crippen LogP contribution in [0.4, 0.5) is 0 Å². The minimum atomic E-state index is -0.465. The van der Waals surface area contributed by atoms with E-state index in [1.807, 2.05) is 60.7 Å². The molecule has 0 spiro atoms. The third-order valence-corrected chi connectivity index (χ3v) is 2.71. The highest BCUT2D eigenvalue weighted by Crippen LogP contribution is 2.03. The lowest BCUT2D eigenvalue weighted by Crippen LogP contribution is -2.13. The molecule has 0 N–H and O–H groups in total. The molecule has 0 aliphatic carbocycles. The molecule has 0 amide bonds. The standard InChI is InChI=1S/C17H14O2/c18-16(12-11-14-7-3-1-4-8-14)17(19)13-15-9-5-2-6-10-15/h1-12H,13H2. The Morgan fingerprint density at radius 2 is 1.42 bits per heavy atom. The largest absolute Gasteiger partial charge is 0.290 e. The lowest BCUT2D eigenvalue weighted by molar-refractivity contribution is -0.133. The molecule has 2 aromatic rings. The molecule has 0 unspecified atom stereocenters. The van der Waals surface area contributed by atoms with Crippen molar-refractivity contribution >= 4 is 17.6 Å². The molecule has 2 rings (SSSR count). The van der Waals surface area contributed by atoms with Crippen LogP contribution < -0.4 is 0 Å². The van der Waals surface area contributed by atoms with Gasteiger partial charge in [-0.25, -0.2) is 0 Å². The molecule has 0 saturated heterocycles. The van der Waals surface area contributed by atoms with Gasteiger partial charge in [0.25, 0.3) is 0 Å². The molecule has 0 aliphatic heterocycles. The Bertz CT molecular complexity index is 583. The van der Waals surface area contributed by atoms with Gasteiger partial charge in [0.1, 0.15) is 0 Å².